The van der Waals surface area contributed by atoms with Crippen LogP contribution < -0.4 is 0 Å². The number of rotatable bonds is 6. The molecular formula is C18H26O5Si. The van der Waals surface area contributed by atoms with E-state index in [1.54, 1.807) is 24.3 Å². The monoisotopic (exact) mass is 350 g/mol. The van der Waals surface area contributed by atoms with Crippen LogP contribution in [0, 0.1) is 5.92 Å². The molecule has 24 heavy (non-hydrogen) atoms. The van der Waals surface area contributed by atoms with Crippen molar-refractivity contribution >= 4 is 20.3 Å². The normalized spacial score (nSPS) is 21.0. The largest absolute Gasteiger partial charge is 0.461 e. The Morgan fingerprint density at radius 2 is 1.79 bits per heavy atom. The quantitative estimate of drug-likeness (QED) is 0.581. The molecule has 0 radical (unpaired) electrons. The number of esters is 2. The van der Waals surface area contributed by atoms with E-state index in [1.807, 2.05) is 6.07 Å². The van der Waals surface area contributed by atoms with E-state index in [-0.39, 0.29) is 23.7 Å². The van der Waals surface area contributed by atoms with Gasteiger partial charge < -0.3 is 13.9 Å². The molecule has 0 aromatic heterocycles. The van der Waals surface area contributed by atoms with Crippen LogP contribution in [-0.4, -0.2) is 39.6 Å². The van der Waals surface area contributed by atoms with Gasteiger partial charge in [0.2, 0.25) is 0 Å². The Kier molecular flexibility index (Phi) is 5.50. The van der Waals surface area contributed by atoms with Crippen molar-refractivity contribution < 1.29 is 23.5 Å². The summed E-state index contributed by atoms with van der Waals surface area (Å²) in [6.07, 6.45) is -0.338. The lowest BCUT2D eigenvalue weighted by atomic mass is 9.99. The molecule has 0 saturated carbocycles. The highest BCUT2D eigenvalue weighted by atomic mass is 28.4. The molecule has 1 saturated heterocycles. The minimum atomic E-state index is -1.90. The fraction of sp³-hybridized carbons (Fsp3) is 0.556. The van der Waals surface area contributed by atoms with Crippen LogP contribution >= 0.6 is 0 Å². The van der Waals surface area contributed by atoms with E-state index in [9.17, 15) is 9.59 Å². The van der Waals surface area contributed by atoms with E-state index >= 15 is 0 Å². The highest BCUT2D eigenvalue weighted by Crippen LogP contribution is 2.37. The number of hydrogen-bond acceptors (Lipinski definition) is 5. The predicted octanol–water partition coefficient (Wildman–Crippen LogP) is 3.41. The lowest BCUT2D eigenvalue weighted by Gasteiger charge is -2.40. The molecule has 1 heterocycles. The van der Waals surface area contributed by atoms with Gasteiger partial charge in [0.25, 0.3) is 0 Å². The summed E-state index contributed by atoms with van der Waals surface area (Å²) < 4.78 is 16.5. The molecule has 0 aliphatic carbocycles. The first kappa shape index (κ1) is 18.7. The standard InChI is InChI=1S/C18H26O5Si/c1-18(2,3)24(4,5)22-12-15-14(17(20)23-15)11-21-16(19)13-9-7-6-8-10-13/h6-10,14-15H,11-12H2,1-5H3. The summed E-state index contributed by atoms with van der Waals surface area (Å²) >= 11 is 0. The maximum atomic E-state index is 12.0. The van der Waals surface area contributed by atoms with E-state index in [4.69, 9.17) is 13.9 Å². The second kappa shape index (κ2) is 7.07. The molecule has 2 unspecified atom stereocenters. The molecule has 1 aromatic rings. The van der Waals surface area contributed by atoms with Crippen molar-refractivity contribution in [3.05, 3.63) is 35.9 Å². The first-order chi connectivity index (χ1) is 11.1. The van der Waals surface area contributed by atoms with Gasteiger partial charge in [-0.15, -0.1) is 0 Å². The number of carbonyl (C=O) groups excluding carboxylic acids is 2. The van der Waals surface area contributed by atoms with Crippen LogP contribution in [0.5, 0.6) is 0 Å². The van der Waals surface area contributed by atoms with Gasteiger partial charge >= 0.3 is 11.9 Å². The molecule has 1 aliphatic rings. The van der Waals surface area contributed by atoms with Crippen molar-refractivity contribution in [1.82, 2.24) is 0 Å². The van der Waals surface area contributed by atoms with Crippen molar-refractivity contribution in [1.29, 1.82) is 0 Å². The predicted molar refractivity (Wildman–Crippen MR) is 93.2 cm³/mol. The van der Waals surface area contributed by atoms with Crippen LogP contribution in [0.2, 0.25) is 18.1 Å². The van der Waals surface area contributed by atoms with Crippen molar-refractivity contribution in [2.24, 2.45) is 5.92 Å². The minimum absolute atomic E-state index is 0.0259. The highest BCUT2D eigenvalue weighted by molar-refractivity contribution is 6.74. The molecule has 132 valence electrons. The SMILES string of the molecule is CC(C)(C)[Si](C)(C)OCC1OC(=O)C1COC(=O)c1ccccc1. The topological polar surface area (TPSA) is 61.8 Å². The number of hydrogen-bond donors (Lipinski definition) is 0. The average molecular weight is 350 g/mol. The second-order valence-electron chi connectivity index (χ2n) is 7.62. The van der Waals surface area contributed by atoms with Crippen LogP contribution in [0.25, 0.3) is 0 Å². The molecule has 0 amide bonds. The summed E-state index contributed by atoms with van der Waals surface area (Å²) in [7, 11) is -1.90. The third-order valence-corrected chi connectivity index (χ3v) is 9.34. The third-order valence-electron chi connectivity index (χ3n) is 4.84. The zero-order valence-electron chi connectivity index (χ0n) is 15.0. The minimum Gasteiger partial charge on any atom is -0.461 e. The number of ether oxygens (including phenoxy) is 2. The highest BCUT2D eigenvalue weighted by Gasteiger charge is 2.46. The van der Waals surface area contributed by atoms with Gasteiger partial charge in [0.1, 0.15) is 18.6 Å². The van der Waals surface area contributed by atoms with Crippen molar-refractivity contribution in [3.8, 4) is 0 Å². The fourth-order valence-electron chi connectivity index (χ4n) is 2.05. The van der Waals surface area contributed by atoms with Gasteiger partial charge in [0.15, 0.2) is 8.32 Å². The maximum Gasteiger partial charge on any atom is 0.338 e. The molecule has 6 heteroatoms. The van der Waals surface area contributed by atoms with Crippen molar-refractivity contribution in [2.45, 2.75) is 45.0 Å². The number of cyclic esters (lactones) is 1. The van der Waals surface area contributed by atoms with Gasteiger partial charge in [-0.2, -0.15) is 0 Å². The van der Waals surface area contributed by atoms with E-state index in [1.165, 1.54) is 0 Å². The van der Waals surface area contributed by atoms with Crippen LogP contribution in [0.3, 0.4) is 0 Å². The Morgan fingerprint density at radius 3 is 2.33 bits per heavy atom. The Hall–Kier alpha value is -1.66. The summed E-state index contributed by atoms with van der Waals surface area (Å²) in [4.78, 5) is 23.6. The molecule has 5 nitrogen and oxygen atoms in total. The Morgan fingerprint density at radius 1 is 1.17 bits per heavy atom. The van der Waals surface area contributed by atoms with Crippen LogP contribution in [0.15, 0.2) is 30.3 Å². The third kappa shape index (κ3) is 4.24. The number of carbonyl (C=O) groups is 2. The summed E-state index contributed by atoms with van der Waals surface area (Å²) in [6, 6.07) is 8.72. The van der Waals surface area contributed by atoms with E-state index in [2.05, 4.69) is 33.9 Å². The average Bonchev–Trinajstić information content (AvgIpc) is 2.50. The lowest BCUT2D eigenvalue weighted by molar-refractivity contribution is -0.192. The Bertz CT molecular complexity index is 591. The Labute approximate surface area is 144 Å². The van der Waals surface area contributed by atoms with Crippen LogP contribution in [-0.2, 0) is 18.7 Å². The molecule has 0 spiro atoms. The molecule has 2 atom stereocenters. The van der Waals surface area contributed by atoms with Gasteiger partial charge in [0, 0.05) is 0 Å². The van der Waals surface area contributed by atoms with Gasteiger partial charge in [-0.1, -0.05) is 39.0 Å². The van der Waals surface area contributed by atoms with Gasteiger partial charge in [-0.3, -0.25) is 4.79 Å². The van der Waals surface area contributed by atoms with E-state index < -0.39 is 20.2 Å². The van der Waals surface area contributed by atoms with Gasteiger partial charge in [0.05, 0.1) is 12.2 Å². The zero-order chi connectivity index (χ0) is 18.0. The molecule has 1 aromatic carbocycles. The fourth-order valence-corrected chi connectivity index (χ4v) is 3.07. The van der Waals surface area contributed by atoms with Gasteiger partial charge in [-0.25, -0.2) is 4.79 Å². The van der Waals surface area contributed by atoms with Crippen molar-refractivity contribution in [2.75, 3.05) is 13.2 Å². The molecule has 1 fully saturated rings. The van der Waals surface area contributed by atoms with Crippen LogP contribution in [0.1, 0.15) is 31.1 Å². The summed E-state index contributed by atoms with van der Waals surface area (Å²) in [5.41, 5.74) is 0.472. The molecule has 0 N–H and O–H groups in total. The maximum absolute atomic E-state index is 12.0. The first-order valence-electron chi connectivity index (χ1n) is 8.18. The van der Waals surface area contributed by atoms with E-state index in [0.717, 1.165) is 0 Å². The summed E-state index contributed by atoms with van der Waals surface area (Å²) in [6.45, 7) is 11.2. The first-order valence-corrected chi connectivity index (χ1v) is 11.1. The summed E-state index contributed by atoms with van der Waals surface area (Å²) in [5.74, 6) is -1.21. The Balaban J connectivity index is 1.84. The number of benzene rings is 1. The molecule has 1 aliphatic heterocycles. The van der Waals surface area contributed by atoms with E-state index in [0.29, 0.717) is 12.2 Å². The van der Waals surface area contributed by atoms with Gasteiger partial charge in [-0.05, 0) is 30.3 Å². The van der Waals surface area contributed by atoms with Crippen LogP contribution in [0.4, 0.5) is 0 Å². The molecule has 2 rings (SSSR count). The second-order valence-corrected chi connectivity index (χ2v) is 12.4. The molecule has 0 bridgehead atoms. The lowest BCUT2D eigenvalue weighted by Crippen LogP contribution is -2.53. The zero-order valence-corrected chi connectivity index (χ0v) is 16.0. The van der Waals surface area contributed by atoms with Crippen molar-refractivity contribution in [3.63, 3.8) is 0 Å². The summed E-state index contributed by atoms with van der Waals surface area (Å²) in [5, 5.41) is 0.0933. The smallest absolute Gasteiger partial charge is 0.338 e. The molecular weight excluding hydrogens is 324 g/mol.